The molecule has 3 unspecified atom stereocenters. The van der Waals surface area contributed by atoms with Gasteiger partial charge in [-0.1, -0.05) is 12.2 Å². The molecule has 0 spiro atoms. The lowest BCUT2D eigenvalue weighted by atomic mass is 9.79. The highest BCUT2D eigenvalue weighted by molar-refractivity contribution is 5.74. The van der Waals surface area contributed by atoms with Crippen molar-refractivity contribution < 1.29 is 9.53 Å². The molecule has 3 nitrogen and oxygen atoms in total. The van der Waals surface area contributed by atoms with Crippen LogP contribution in [0.3, 0.4) is 0 Å². The lowest BCUT2D eigenvalue weighted by Crippen LogP contribution is -2.50. The van der Waals surface area contributed by atoms with Crippen LogP contribution in [0.5, 0.6) is 0 Å². The average molecular weight is 181 g/mol. The van der Waals surface area contributed by atoms with Crippen molar-refractivity contribution in [3.8, 4) is 0 Å². The number of piperidine rings is 1. The fraction of sp³-hybridized carbons (Fsp3) is 0.700. The first-order valence-corrected chi connectivity index (χ1v) is 4.89. The Kier molecular flexibility index (Phi) is 2.36. The molecule has 1 saturated heterocycles. The van der Waals surface area contributed by atoms with Crippen LogP contribution in [0.4, 0.5) is 0 Å². The largest absolute Gasteiger partial charge is 0.466 e. The zero-order valence-electron chi connectivity index (χ0n) is 7.82. The van der Waals surface area contributed by atoms with E-state index in [1.54, 1.807) is 0 Å². The van der Waals surface area contributed by atoms with E-state index in [-0.39, 0.29) is 17.9 Å². The number of hydrogen-bond acceptors (Lipinski definition) is 3. The molecule has 2 bridgehead atoms. The zero-order valence-corrected chi connectivity index (χ0v) is 7.82. The molecule has 72 valence electrons. The molecule has 2 heterocycles. The minimum absolute atomic E-state index is 0.0451. The highest BCUT2D eigenvalue weighted by Crippen LogP contribution is 2.29. The van der Waals surface area contributed by atoms with Gasteiger partial charge in [-0.05, 0) is 19.3 Å². The Hall–Kier alpha value is -0.830. The van der Waals surface area contributed by atoms with E-state index in [1.165, 1.54) is 0 Å². The maximum atomic E-state index is 11.5. The highest BCUT2D eigenvalue weighted by atomic mass is 16.5. The number of rotatable bonds is 2. The summed E-state index contributed by atoms with van der Waals surface area (Å²) >= 11 is 0. The van der Waals surface area contributed by atoms with E-state index in [1.807, 2.05) is 6.92 Å². The van der Waals surface area contributed by atoms with Crippen LogP contribution < -0.4 is 5.32 Å². The van der Waals surface area contributed by atoms with Gasteiger partial charge in [-0.2, -0.15) is 0 Å². The summed E-state index contributed by atoms with van der Waals surface area (Å²) in [6, 6.07) is 0.212. The molecule has 0 saturated carbocycles. The third-order valence-electron chi connectivity index (χ3n) is 2.79. The normalized spacial score (nSPS) is 36.2. The number of carbonyl (C=O) groups is 1. The van der Waals surface area contributed by atoms with Crippen LogP contribution in [-0.4, -0.2) is 25.2 Å². The van der Waals surface area contributed by atoms with Crippen LogP contribution in [-0.2, 0) is 9.53 Å². The van der Waals surface area contributed by atoms with Gasteiger partial charge in [0.05, 0.1) is 12.5 Å². The van der Waals surface area contributed by atoms with E-state index in [9.17, 15) is 4.79 Å². The van der Waals surface area contributed by atoms with Crippen molar-refractivity contribution in [2.45, 2.75) is 19.4 Å². The molecule has 3 aliphatic rings. The molecule has 3 heteroatoms. The van der Waals surface area contributed by atoms with Gasteiger partial charge >= 0.3 is 5.97 Å². The maximum Gasteiger partial charge on any atom is 0.310 e. The van der Waals surface area contributed by atoms with Crippen LogP contribution >= 0.6 is 0 Å². The van der Waals surface area contributed by atoms with E-state index >= 15 is 0 Å². The molecule has 3 atom stereocenters. The summed E-state index contributed by atoms with van der Waals surface area (Å²) in [6.45, 7) is 3.34. The van der Waals surface area contributed by atoms with Gasteiger partial charge in [0.15, 0.2) is 0 Å². The Morgan fingerprint density at radius 3 is 2.92 bits per heavy atom. The van der Waals surface area contributed by atoms with Crippen LogP contribution in [0.15, 0.2) is 12.2 Å². The third kappa shape index (κ3) is 1.61. The predicted octanol–water partition coefficient (Wildman–Crippen LogP) is 0.714. The Balaban J connectivity index is 2.02. The Labute approximate surface area is 78.1 Å². The van der Waals surface area contributed by atoms with Crippen LogP contribution in [0.1, 0.15) is 13.3 Å². The standard InChI is InChI=1S/C10H15NO2/c1-2-13-10(12)8-5-7-3-4-9(8)11-6-7/h3-4,7-9,11H,2,5-6H2,1H3. The molecule has 3 rings (SSSR count). The van der Waals surface area contributed by atoms with Crippen molar-refractivity contribution in [1.29, 1.82) is 0 Å². The van der Waals surface area contributed by atoms with Crippen molar-refractivity contribution >= 4 is 5.97 Å². The van der Waals surface area contributed by atoms with Crippen molar-refractivity contribution in [2.75, 3.05) is 13.2 Å². The number of esters is 1. The number of fused-ring (bicyclic) bond motifs is 2. The zero-order chi connectivity index (χ0) is 9.26. The molecule has 0 amide bonds. The summed E-state index contributed by atoms with van der Waals surface area (Å²) in [5.74, 6) is 0.525. The fourth-order valence-electron chi connectivity index (χ4n) is 2.10. The predicted molar refractivity (Wildman–Crippen MR) is 49.2 cm³/mol. The topological polar surface area (TPSA) is 38.3 Å². The second-order valence-electron chi connectivity index (χ2n) is 3.67. The second kappa shape index (κ2) is 3.50. The van der Waals surface area contributed by atoms with Crippen LogP contribution in [0, 0.1) is 11.8 Å². The van der Waals surface area contributed by atoms with Crippen LogP contribution in [0.25, 0.3) is 0 Å². The first kappa shape index (κ1) is 8.75. The maximum absolute atomic E-state index is 11.5. The van der Waals surface area contributed by atoms with Crippen molar-refractivity contribution in [3.63, 3.8) is 0 Å². The van der Waals surface area contributed by atoms with E-state index in [4.69, 9.17) is 4.74 Å². The quantitative estimate of drug-likeness (QED) is 0.504. The first-order chi connectivity index (χ1) is 6.31. The van der Waals surface area contributed by atoms with Crippen LogP contribution in [0.2, 0.25) is 0 Å². The Morgan fingerprint density at radius 1 is 1.62 bits per heavy atom. The number of hydrogen-bond donors (Lipinski definition) is 1. The fourth-order valence-corrected chi connectivity index (χ4v) is 2.10. The summed E-state index contributed by atoms with van der Waals surface area (Å²) in [5, 5.41) is 3.32. The van der Waals surface area contributed by atoms with Gasteiger partial charge in [-0.3, -0.25) is 4.79 Å². The van der Waals surface area contributed by atoms with Gasteiger partial charge in [0.2, 0.25) is 0 Å². The summed E-state index contributed by atoms with van der Waals surface area (Å²) in [6.07, 6.45) is 5.25. The van der Waals surface area contributed by atoms with Gasteiger partial charge in [0.1, 0.15) is 0 Å². The van der Waals surface area contributed by atoms with Gasteiger partial charge < -0.3 is 10.1 Å². The van der Waals surface area contributed by atoms with Crippen molar-refractivity contribution in [2.24, 2.45) is 11.8 Å². The summed E-state index contributed by atoms with van der Waals surface area (Å²) in [5.41, 5.74) is 0. The highest BCUT2D eigenvalue weighted by Gasteiger charge is 2.36. The molecule has 1 aliphatic carbocycles. The molecule has 13 heavy (non-hydrogen) atoms. The molecular formula is C10H15NO2. The number of nitrogens with one attached hydrogen (secondary N) is 1. The van der Waals surface area contributed by atoms with Gasteiger partial charge in [0.25, 0.3) is 0 Å². The van der Waals surface area contributed by atoms with E-state index in [2.05, 4.69) is 17.5 Å². The molecule has 0 aromatic rings. The Bertz CT molecular complexity index is 237. The third-order valence-corrected chi connectivity index (χ3v) is 2.79. The number of carbonyl (C=O) groups excluding carboxylic acids is 1. The molecule has 0 aromatic carbocycles. The Morgan fingerprint density at radius 2 is 2.46 bits per heavy atom. The molecule has 2 aliphatic heterocycles. The number of ether oxygens (including phenoxy) is 1. The van der Waals surface area contributed by atoms with E-state index < -0.39 is 0 Å². The smallest absolute Gasteiger partial charge is 0.310 e. The SMILES string of the molecule is CCOC(=O)C1CC2C=CC1NC2. The minimum atomic E-state index is -0.0472. The van der Waals surface area contributed by atoms with E-state index in [0.717, 1.165) is 13.0 Å². The molecule has 1 fully saturated rings. The monoisotopic (exact) mass is 181 g/mol. The second-order valence-corrected chi connectivity index (χ2v) is 3.67. The first-order valence-electron chi connectivity index (χ1n) is 4.89. The summed E-state index contributed by atoms with van der Waals surface area (Å²) in [7, 11) is 0. The molecule has 1 N–H and O–H groups in total. The van der Waals surface area contributed by atoms with Crippen molar-refractivity contribution in [1.82, 2.24) is 5.32 Å². The van der Waals surface area contributed by atoms with Gasteiger partial charge in [0, 0.05) is 12.6 Å². The van der Waals surface area contributed by atoms with Gasteiger partial charge in [-0.25, -0.2) is 0 Å². The average Bonchev–Trinajstić information content (AvgIpc) is 2.20. The van der Waals surface area contributed by atoms with E-state index in [0.29, 0.717) is 12.5 Å². The summed E-state index contributed by atoms with van der Waals surface area (Å²) in [4.78, 5) is 11.5. The molecular weight excluding hydrogens is 166 g/mol. The molecule has 0 aromatic heterocycles. The minimum Gasteiger partial charge on any atom is -0.466 e. The summed E-state index contributed by atoms with van der Waals surface area (Å²) < 4.78 is 5.02. The molecule has 0 radical (unpaired) electrons. The van der Waals surface area contributed by atoms with Crippen molar-refractivity contribution in [3.05, 3.63) is 12.2 Å². The lowest BCUT2D eigenvalue weighted by Gasteiger charge is -2.37. The van der Waals surface area contributed by atoms with Gasteiger partial charge in [-0.15, -0.1) is 0 Å². The lowest BCUT2D eigenvalue weighted by molar-refractivity contribution is -0.150.